The molecule has 0 unspecified atom stereocenters. The molecule has 0 fully saturated rings. The summed E-state index contributed by atoms with van der Waals surface area (Å²) in [5, 5.41) is 10.2. The van der Waals surface area contributed by atoms with E-state index in [4.69, 9.17) is 5.26 Å². The van der Waals surface area contributed by atoms with Crippen molar-refractivity contribution in [2.75, 3.05) is 6.16 Å². The summed E-state index contributed by atoms with van der Waals surface area (Å²) in [6.45, 7) is 0. The predicted molar refractivity (Wildman–Crippen MR) is 123 cm³/mol. The molecule has 0 saturated carbocycles. The molecule has 0 spiro atoms. The second-order valence-corrected chi connectivity index (χ2v) is 15.9. The Morgan fingerprint density at radius 1 is 0.630 bits per heavy atom. The summed E-state index contributed by atoms with van der Waals surface area (Å²) in [7, 11) is 0. The molecule has 0 atom stereocenters. The topological polar surface area (TPSA) is 23.8 Å². The third kappa shape index (κ3) is 3.86. The van der Waals surface area contributed by atoms with Gasteiger partial charge in [0.2, 0.25) is 0 Å². The average molecular weight is 438 g/mol. The number of rotatable bonds is 8. The monoisotopic (exact) mass is 437 g/mol. The van der Waals surface area contributed by atoms with E-state index in [0.29, 0.717) is 6.42 Å². The molecular weight excluding hydrogens is 413 g/mol. The Balaban J connectivity index is 2.18. The van der Waals surface area contributed by atoms with Crippen molar-refractivity contribution in [2.45, 2.75) is 25.7 Å². The van der Waals surface area contributed by atoms with E-state index in [1.807, 2.05) is 0 Å². The number of halogens is 1. The van der Waals surface area contributed by atoms with Crippen molar-refractivity contribution in [3.05, 3.63) is 91.0 Å². The van der Waals surface area contributed by atoms with Gasteiger partial charge in [-0.15, -0.1) is 0 Å². The molecule has 3 aromatic rings. The Morgan fingerprint density at radius 3 is 1.41 bits per heavy atom. The standard InChI is InChI=1S/C24H25BrNP/c25-27(21-13-2-1-12-20-26,22-14-6-3-7-15-22,23-16-8-4-9-17-23)24-18-10-5-11-19-24/h3-11,14-19H,1-2,12-13,21H2. The number of nitriles is 1. The van der Waals surface area contributed by atoms with E-state index < -0.39 is 5.31 Å². The molecule has 138 valence electrons. The molecule has 3 heteroatoms. The summed E-state index contributed by atoms with van der Waals surface area (Å²) in [6.07, 6.45) is 4.82. The van der Waals surface area contributed by atoms with Crippen LogP contribution in [0.4, 0.5) is 0 Å². The quantitative estimate of drug-likeness (QED) is 0.317. The minimum atomic E-state index is -2.77. The van der Waals surface area contributed by atoms with Gasteiger partial charge in [0.1, 0.15) is 0 Å². The fraction of sp³-hybridized carbons (Fsp3) is 0.208. The zero-order valence-electron chi connectivity index (χ0n) is 15.5. The van der Waals surface area contributed by atoms with Crippen LogP contribution in [0.1, 0.15) is 25.7 Å². The van der Waals surface area contributed by atoms with Gasteiger partial charge in [0.25, 0.3) is 0 Å². The third-order valence-electron chi connectivity index (χ3n) is 5.25. The fourth-order valence-corrected chi connectivity index (χ4v) is 11.6. The number of nitrogens with zero attached hydrogens (tertiary/aromatic N) is 1. The molecule has 0 aromatic heterocycles. The first-order chi connectivity index (χ1) is 13.2. The molecule has 0 radical (unpaired) electrons. The van der Waals surface area contributed by atoms with Gasteiger partial charge in [0, 0.05) is 0 Å². The molecule has 0 amide bonds. The van der Waals surface area contributed by atoms with E-state index >= 15 is 0 Å². The fourth-order valence-electron chi connectivity index (χ4n) is 3.84. The second-order valence-electron chi connectivity index (χ2n) is 6.88. The molecular formula is C24H25BrNP. The molecule has 0 N–H and O–H groups in total. The Labute approximate surface area is 170 Å². The number of hydrogen-bond acceptors (Lipinski definition) is 1. The molecule has 0 bridgehead atoms. The Kier molecular flexibility index (Phi) is 6.48. The molecule has 3 aromatic carbocycles. The van der Waals surface area contributed by atoms with Gasteiger partial charge in [0.15, 0.2) is 0 Å². The van der Waals surface area contributed by atoms with Crippen molar-refractivity contribution in [3.8, 4) is 6.07 Å². The van der Waals surface area contributed by atoms with Crippen molar-refractivity contribution < 1.29 is 0 Å². The average Bonchev–Trinajstić information content (AvgIpc) is 2.75. The van der Waals surface area contributed by atoms with Crippen LogP contribution in [0.5, 0.6) is 0 Å². The van der Waals surface area contributed by atoms with Gasteiger partial charge in [-0.1, -0.05) is 0 Å². The van der Waals surface area contributed by atoms with Gasteiger partial charge < -0.3 is 0 Å². The van der Waals surface area contributed by atoms with E-state index in [1.54, 1.807) is 0 Å². The summed E-state index contributed by atoms with van der Waals surface area (Å²) in [4.78, 5) is 0. The third-order valence-corrected chi connectivity index (χ3v) is 15.3. The Morgan fingerprint density at radius 2 is 1.04 bits per heavy atom. The molecule has 0 aliphatic rings. The van der Waals surface area contributed by atoms with Gasteiger partial charge in [0.05, 0.1) is 0 Å². The van der Waals surface area contributed by atoms with E-state index in [2.05, 4.69) is 113 Å². The first kappa shape index (κ1) is 19.8. The van der Waals surface area contributed by atoms with E-state index in [0.717, 1.165) is 25.4 Å². The van der Waals surface area contributed by atoms with Crippen molar-refractivity contribution in [2.24, 2.45) is 0 Å². The van der Waals surface area contributed by atoms with Gasteiger partial charge >= 0.3 is 171 Å². The second kappa shape index (κ2) is 8.83. The number of unbranched alkanes of at least 4 members (excludes halogenated alkanes) is 3. The van der Waals surface area contributed by atoms with Crippen LogP contribution in [0.2, 0.25) is 0 Å². The first-order valence-corrected chi connectivity index (χ1v) is 13.9. The molecule has 0 saturated heterocycles. The predicted octanol–water partition coefficient (Wildman–Crippen LogP) is 5.91. The summed E-state index contributed by atoms with van der Waals surface area (Å²) in [6, 6.07) is 34.9. The van der Waals surface area contributed by atoms with Gasteiger partial charge in [-0.25, -0.2) is 0 Å². The van der Waals surface area contributed by atoms with Crippen molar-refractivity contribution >= 4 is 36.7 Å². The Bertz CT molecular complexity index is 789. The van der Waals surface area contributed by atoms with Crippen molar-refractivity contribution in [1.29, 1.82) is 5.26 Å². The van der Waals surface area contributed by atoms with Crippen LogP contribution in [0.15, 0.2) is 91.0 Å². The van der Waals surface area contributed by atoms with Crippen LogP contribution in [-0.2, 0) is 0 Å². The van der Waals surface area contributed by atoms with Crippen molar-refractivity contribution in [1.82, 2.24) is 0 Å². The summed E-state index contributed by atoms with van der Waals surface area (Å²) in [5.41, 5.74) is 0. The summed E-state index contributed by atoms with van der Waals surface area (Å²) < 4.78 is 0. The number of hydrogen-bond donors (Lipinski definition) is 0. The van der Waals surface area contributed by atoms with E-state index in [-0.39, 0.29) is 0 Å². The van der Waals surface area contributed by atoms with Gasteiger partial charge in [-0.3, -0.25) is 0 Å². The maximum absolute atomic E-state index is 8.86. The van der Waals surface area contributed by atoms with Crippen LogP contribution in [0.25, 0.3) is 0 Å². The van der Waals surface area contributed by atoms with Crippen molar-refractivity contribution in [3.63, 3.8) is 0 Å². The SMILES string of the molecule is N#CCCCCCP(Br)(c1ccccc1)(c1ccccc1)c1ccccc1. The molecule has 0 heterocycles. The summed E-state index contributed by atoms with van der Waals surface area (Å²) in [5.74, 6) is 0. The summed E-state index contributed by atoms with van der Waals surface area (Å²) >= 11 is 4.45. The van der Waals surface area contributed by atoms with E-state index in [1.165, 1.54) is 15.9 Å². The van der Waals surface area contributed by atoms with Gasteiger partial charge in [-0.05, 0) is 0 Å². The molecule has 3 rings (SSSR count). The van der Waals surface area contributed by atoms with Crippen LogP contribution < -0.4 is 15.9 Å². The molecule has 27 heavy (non-hydrogen) atoms. The maximum atomic E-state index is 8.86. The minimum absolute atomic E-state index is 0.639. The molecule has 0 aliphatic carbocycles. The molecule has 0 aliphatic heterocycles. The van der Waals surface area contributed by atoms with Crippen LogP contribution in [-0.4, -0.2) is 6.16 Å². The van der Waals surface area contributed by atoms with Crippen LogP contribution >= 0.6 is 20.8 Å². The first-order valence-electron chi connectivity index (χ1n) is 9.47. The number of benzene rings is 3. The zero-order valence-corrected chi connectivity index (χ0v) is 17.9. The van der Waals surface area contributed by atoms with E-state index in [9.17, 15) is 0 Å². The Hall–Kier alpha value is -1.94. The molecule has 1 nitrogen and oxygen atoms in total. The zero-order chi connectivity index (χ0) is 19.0. The normalized spacial score (nSPS) is 12.7. The van der Waals surface area contributed by atoms with Crippen LogP contribution in [0, 0.1) is 11.3 Å². The van der Waals surface area contributed by atoms with Crippen LogP contribution in [0.3, 0.4) is 0 Å². The van der Waals surface area contributed by atoms with Gasteiger partial charge in [-0.2, -0.15) is 0 Å².